The first kappa shape index (κ1) is 26.5. The maximum Gasteiger partial charge on any atom is 0.295 e. The van der Waals surface area contributed by atoms with Crippen molar-refractivity contribution in [1.82, 2.24) is 9.80 Å². The molecule has 2 saturated heterocycles. The summed E-state index contributed by atoms with van der Waals surface area (Å²) in [6.07, 6.45) is 2.18. The zero-order valence-corrected chi connectivity index (χ0v) is 22.4. The minimum absolute atomic E-state index is 0.0354. The van der Waals surface area contributed by atoms with Gasteiger partial charge in [-0.25, -0.2) is 0 Å². The molecule has 0 saturated carbocycles. The van der Waals surface area contributed by atoms with Gasteiger partial charge in [0, 0.05) is 24.2 Å². The van der Waals surface area contributed by atoms with Gasteiger partial charge in [0.25, 0.3) is 11.7 Å². The molecule has 1 atom stereocenters. The molecule has 3 aliphatic heterocycles. The second-order valence-corrected chi connectivity index (χ2v) is 9.38. The molecule has 208 valence electrons. The van der Waals surface area contributed by atoms with Crippen molar-refractivity contribution in [3.05, 3.63) is 41.0 Å². The Hall–Kier alpha value is -4.12. The van der Waals surface area contributed by atoms with Crippen LogP contribution in [0.25, 0.3) is 5.76 Å². The lowest BCUT2D eigenvalue weighted by molar-refractivity contribution is -0.140. The quantitative estimate of drug-likeness (QED) is 0.289. The van der Waals surface area contributed by atoms with E-state index in [9.17, 15) is 14.7 Å². The van der Waals surface area contributed by atoms with Crippen molar-refractivity contribution < 1.29 is 43.1 Å². The van der Waals surface area contributed by atoms with Gasteiger partial charge in [0.1, 0.15) is 5.76 Å². The standard InChI is InChI=1S/C28H32N2O9/c1-34-18-8-7-16(13-19(18)35-2)23(31)21-22(30(28(33)24(21)32)12-11-29-9-5-6-10-29)17-14-20(36-3)26-27(25(17)37-4)39-15-38-26/h7-8,13-14,22,31H,5-6,9-12,15H2,1-4H3/t22-/m0/s1. The third-order valence-electron chi connectivity index (χ3n) is 7.36. The van der Waals surface area contributed by atoms with Crippen LogP contribution < -0.4 is 28.4 Å². The number of methoxy groups -OCH3 is 4. The van der Waals surface area contributed by atoms with E-state index in [2.05, 4.69) is 4.90 Å². The normalized spacial score (nSPS) is 20.0. The summed E-state index contributed by atoms with van der Waals surface area (Å²) in [5, 5.41) is 11.5. The molecule has 5 rings (SSSR count). The van der Waals surface area contributed by atoms with Crippen molar-refractivity contribution in [3.63, 3.8) is 0 Å². The van der Waals surface area contributed by atoms with Gasteiger partial charge in [0.05, 0.1) is 40.1 Å². The van der Waals surface area contributed by atoms with E-state index in [1.165, 1.54) is 33.3 Å². The largest absolute Gasteiger partial charge is 0.507 e. The van der Waals surface area contributed by atoms with Crippen molar-refractivity contribution >= 4 is 17.4 Å². The molecule has 2 fully saturated rings. The van der Waals surface area contributed by atoms with Crippen molar-refractivity contribution in [1.29, 1.82) is 0 Å². The lowest BCUT2D eigenvalue weighted by atomic mass is 9.93. The fourth-order valence-corrected chi connectivity index (χ4v) is 5.43. The van der Waals surface area contributed by atoms with Gasteiger partial charge in [-0.05, 0) is 50.2 Å². The smallest absolute Gasteiger partial charge is 0.295 e. The van der Waals surface area contributed by atoms with Gasteiger partial charge < -0.3 is 43.3 Å². The highest BCUT2D eigenvalue weighted by Crippen LogP contribution is 2.54. The topological polar surface area (TPSA) is 116 Å². The Kier molecular flexibility index (Phi) is 7.42. The number of fused-ring (bicyclic) bond motifs is 1. The summed E-state index contributed by atoms with van der Waals surface area (Å²) < 4.78 is 33.3. The number of benzene rings is 2. The molecule has 0 bridgehead atoms. The van der Waals surface area contributed by atoms with Gasteiger partial charge in [0.15, 0.2) is 23.0 Å². The van der Waals surface area contributed by atoms with Gasteiger partial charge in [0.2, 0.25) is 18.3 Å². The number of ether oxygens (including phenoxy) is 6. The Labute approximate surface area is 226 Å². The van der Waals surface area contributed by atoms with E-state index in [1.54, 1.807) is 24.3 Å². The summed E-state index contributed by atoms with van der Waals surface area (Å²) in [5.41, 5.74) is 0.649. The fourth-order valence-electron chi connectivity index (χ4n) is 5.43. The predicted molar refractivity (Wildman–Crippen MR) is 140 cm³/mol. The molecule has 0 radical (unpaired) electrons. The van der Waals surface area contributed by atoms with Crippen LogP contribution >= 0.6 is 0 Å². The summed E-state index contributed by atoms with van der Waals surface area (Å²) >= 11 is 0. The summed E-state index contributed by atoms with van der Waals surface area (Å²) in [7, 11) is 5.94. The van der Waals surface area contributed by atoms with E-state index >= 15 is 0 Å². The highest BCUT2D eigenvalue weighted by molar-refractivity contribution is 6.46. The number of hydrogen-bond donors (Lipinski definition) is 1. The highest BCUT2D eigenvalue weighted by atomic mass is 16.7. The molecule has 2 aromatic rings. The van der Waals surface area contributed by atoms with Crippen LogP contribution in [0, 0.1) is 0 Å². The second kappa shape index (κ2) is 10.9. The molecule has 0 spiro atoms. The number of carbonyl (C=O) groups excluding carboxylic acids is 2. The zero-order chi connectivity index (χ0) is 27.7. The monoisotopic (exact) mass is 540 g/mol. The minimum Gasteiger partial charge on any atom is -0.507 e. The number of aliphatic hydroxyl groups is 1. The number of amides is 1. The van der Waals surface area contributed by atoms with Crippen LogP contribution in [-0.4, -0.2) is 88.0 Å². The first-order valence-electron chi connectivity index (χ1n) is 12.7. The molecule has 3 heterocycles. The molecule has 3 aliphatic rings. The van der Waals surface area contributed by atoms with Crippen LogP contribution in [0.3, 0.4) is 0 Å². The summed E-state index contributed by atoms with van der Waals surface area (Å²) in [6, 6.07) is 5.46. The SMILES string of the molecule is COc1ccc(C(O)=C2C(=O)C(=O)N(CCN3CCCC3)[C@H]2c2cc(OC)c3c(c2OC)OCO3)cc1OC. The molecule has 1 amide bonds. The third-order valence-corrected chi connectivity index (χ3v) is 7.36. The van der Waals surface area contributed by atoms with Crippen LogP contribution in [0.4, 0.5) is 0 Å². The van der Waals surface area contributed by atoms with E-state index in [1.807, 2.05) is 0 Å². The summed E-state index contributed by atoms with van der Waals surface area (Å²) in [5.74, 6) is 0.292. The molecule has 0 aromatic heterocycles. The Bertz CT molecular complexity index is 1320. The minimum atomic E-state index is -0.973. The maximum atomic E-state index is 13.6. The Balaban J connectivity index is 1.68. The van der Waals surface area contributed by atoms with E-state index in [0.29, 0.717) is 52.2 Å². The van der Waals surface area contributed by atoms with Gasteiger partial charge in [-0.15, -0.1) is 0 Å². The van der Waals surface area contributed by atoms with Gasteiger partial charge in [-0.3, -0.25) is 9.59 Å². The van der Waals surface area contributed by atoms with Crippen LogP contribution in [0.1, 0.15) is 30.0 Å². The lowest BCUT2D eigenvalue weighted by Crippen LogP contribution is -2.37. The van der Waals surface area contributed by atoms with Crippen molar-refractivity contribution in [2.45, 2.75) is 18.9 Å². The first-order valence-corrected chi connectivity index (χ1v) is 12.7. The molecule has 39 heavy (non-hydrogen) atoms. The number of aliphatic hydroxyl groups excluding tert-OH is 1. The number of ketones is 1. The van der Waals surface area contributed by atoms with Gasteiger partial charge in [-0.2, -0.15) is 0 Å². The van der Waals surface area contributed by atoms with Crippen molar-refractivity contribution in [3.8, 4) is 34.5 Å². The van der Waals surface area contributed by atoms with Crippen LogP contribution in [0.15, 0.2) is 29.8 Å². The molecule has 2 aromatic carbocycles. The maximum absolute atomic E-state index is 13.6. The van der Waals surface area contributed by atoms with Crippen molar-refractivity contribution in [2.24, 2.45) is 0 Å². The Morgan fingerprint density at radius 2 is 1.59 bits per heavy atom. The lowest BCUT2D eigenvalue weighted by Gasteiger charge is -2.29. The van der Waals surface area contributed by atoms with Crippen molar-refractivity contribution in [2.75, 3.05) is 61.4 Å². The van der Waals surface area contributed by atoms with Crippen LogP contribution in [0.5, 0.6) is 34.5 Å². The van der Waals surface area contributed by atoms with E-state index in [-0.39, 0.29) is 24.7 Å². The number of hydrogen-bond acceptors (Lipinski definition) is 10. The summed E-state index contributed by atoms with van der Waals surface area (Å²) in [6.45, 7) is 2.69. The third kappa shape index (κ3) is 4.56. The number of Topliss-reactive ketones (excluding diaryl/α,β-unsaturated/α-hetero) is 1. The molecule has 11 heteroatoms. The number of carbonyl (C=O) groups is 2. The Morgan fingerprint density at radius 1 is 0.897 bits per heavy atom. The second-order valence-electron chi connectivity index (χ2n) is 9.38. The fraction of sp³-hybridized carbons (Fsp3) is 0.429. The number of nitrogens with zero attached hydrogens (tertiary/aromatic N) is 2. The average molecular weight is 541 g/mol. The molecular weight excluding hydrogens is 508 g/mol. The average Bonchev–Trinajstić information content (AvgIpc) is 3.71. The van der Waals surface area contributed by atoms with Crippen LogP contribution in [-0.2, 0) is 9.59 Å². The molecule has 0 aliphatic carbocycles. The molecule has 0 unspecified atom stereocenters. The molecular formula is C28H32N2O9. The first-order chi connectivity index (χ1) is 18.9. The van der Waals surface area contributed by atoms with Gasteiger partial charge in [-0.1, -0.05) is 0 Å². The van der Waals surface area contributed by atoms with Crippen LogP contribution in [0.2, 0.25) is 0 Å². The number of likely N-dealkylation sites (tertiary alicyclic amines) is 2. The predicted octanol–water partition coefficient (Wildman–Crippen LogP) is 2.97. The van der Waals surface area contributed by atoms with E-state index in [0.717, 1.165) is 25.9 Å². The number of rotatable bonds is 9. The van der Waals surface area contributed by atoms with E-state index < -0.39 is 17.7 Å². The zero-order valence-electron chi connectivity index (χ0n) is 22.4. The van der Waals surface area contributed by atoms with E-state index in [4.69, 9.17) is 28.4 Å². The highest BCUT2D eigenvalue weighted by Gasteiger charge is 2.48. The molecule has 11 nitrogen and oxygen atoms in total. The van der Waals surface area contributed by atoms with Gasteiger partial charge >= 0.3 is 0 Å². The Morgan fingerprint density at radius 3 is 2.26 bits per heavy atom. The summed E-state index contributed by atoms with van der Waals surface area (Å²) in [4.78, 5) is 30.8. The molecule has 1 N–H and O–H groups in total.